The van der Waals surface area contributed by atoms with Crippen LogP contribution in [0.4, 0.5) is 0 Å². The summed E-state index contributed by atoms with van der Waals surface area (Å²) in [4.78, 5) is 12.4. The van der Waals surface area contributed by atoms with Gasteiger partial charge in [0.15, 0.2) is 0 Å². The highest BCUT2D eigenvalue weighted by atomic mass is 35.5. The summed E-state index contributed by atoms with van der Waals surface area (Å²) in [5.41, 5.74) is 2.14. The van der Waals surface area contributed by atoms with Gasteiger partial charge in [0.05, 0.1) is 17.8 Å². The Morgan fingerprint density at radius 3 is 2.80 bits per heavy atom. The van der Waals surface area contributed by atoms with Gasteiger partial charge in [-0.2, -0.15) is 16.9 Å². The van der Waals surface area contributed by atoms with Crippen molar-refractivity contribution in [2.45, 2.75) is 32.9 Å². The summed E-state index contributed by atoms with van der Waals surface area (Å²) in [6.45, 7) is 4.35. The number of aliphatic hydroxyl groups is 1. The molecule has 1 aromatic heterocycles. The van der Waals surface area contributed by atoms with Crippen LogP contribution in [-0.4, -0.2) is 51.3 Å². The summed E-state index contributed by atoms with van der Waals surface area (Å²) in [6, 6.07) is -0.0299. The number of aryl methyl sites for hydroxylation is 2. The van der Waals surface area contributed by atoms with Crippen LogP contribution in [0.5, 0.6) is 0 Å². The SMILES string of the molecule is CSCC(CCO)NC(=O)c1c(C)nn(CCCl)c1C. The molecule has 20 heavy (non-hydrogen) atoms. The number of aromatic nitrogens is 2. The van der Waals surface area contributed by atoms with Gasteiger partial charge in [-0.1, -0.05) is 0 Å². The number of nitrogens with zero attached hydrogens (tertiary/aromatic N) is 2. The first-order valence-corrected chi connectivity index (χ1v) is 8.48. The molecule has 0 aliphatic rings. The van der Waals surface area contributed by atoms with E-state index in [9.17, 15) is 4.79 Å². The fourth-order valence-corrected chi connectivity index (χ4v) is 2.95. The van der Waals surface area contributed by atoms with Gasteiger partial charge in [0.1, 0.15) is 0 Å². The number of amides is 1. The average molecular weight is 320 g/mol. The predicted molar refractivity (Wildman–Crippen MR) is 83.8 cm³/mol. The fourth-order valence-electron chi connectivity index (χ4n) is 2.14. The topological polar surface area (TPSA) is 67.2 Å². The highest BCUT2D eigenvalue weighted by molar-refractivity contribution is 7.98. The first kappa shape index (κ1) is 17.3. The van der Waals surface area contributed by atoms with Crippen LogP contribution in [0.2, 0.25) is 0 Å². The number of halogens is 1. The van der Waals surface area contributed by atoms with E-state index in [2.05, 4.69) is 10.4 Å². The number of hydrogen-bond donors (Lipinski definition) is 2. The zero-order chi connectivity index (χ0) is 15.1. The lowest BCUT2D eigenvalue weighted by molar-refractivity contribution is 0.0934. The molecule has 5 nitrogen and oxygen atoms in total. The number of thioether (sulfide) groups is 1. The molecule has 0 spiro atoms. The van der Waals surface area contributed by atoms with Crippen molar-refractivity contribution in [1.29, 1.82) is 0 Å². The number of hydrogen-bond acceptors (Lipinski definition) is 4. The van der Waals surface area contributed by atoms with Crippen LogP contribution in [0.25, 0.3) is 0 Å². The quantitative estimate of drug-likeness (QED) is 0.714. The second-order valence-corrected chi connectivity index (χ2v) is 5.88. The Bertz CT molecular complexity index is 445. The third-order valence-corrected chi connectivity index (χ3v) is 3.99. The van der Waals surface area contributed by atoms with Crippen molar-refractivity contribution in [1.82, 2.24) is 15.1 Å². The molecular formula is C13H22ClN3O2S. The number of alkyl halides is 1. The third kappa shape index (κ3) is 4.40. The van der Waals surface area contributed by atoms with Crippen molar-refractivity contribution in [3.05, 3.63) is 17.0 Å². The van der Waals surface area contributed by atoms with Gasteiger partial charge in [0.2, 0.25) is 0 Å². The summed E-state index contributed by atoms with van der Waals surface area (Å²) in [5, 5.41) is 16.3. The first-order valence-electron chi connectivity index (χ1n) is 6.55. The van der Waals surface area contributed by atoms with Gasteiger partial charge in [-0.05, 0) is 26.5 Å². The molecule has 1 atom stereocenters. The zero-order valence-electron chi connectivity index (χ0n) is 12.1. The molecule has 0 aliphatic carbocycles. The van der Waals surface area contributed by atoms with E-state index in [0.717, 1.165) is 11.4 Å². The molecular weight excluding hydrogens is 298 g/mol. The molecule has 7 heteroatoms. The van der Waals surface area contributed by atoms with Crippen molar-refractivity contribution in [3.63, 3.8) is 0 Å². The van der Waals surface area contributed by atoms with Crippen LogP contribution in [-0.2, 0) is 6.54 Å². The normalized spacial score (nSPS) is 12.4. The van der Waals surface area contributed by atoms with Crippen LogP contribution in [0.3, 0.4) is 0 Å². The second kappa shape index (κ2) is 8.54. The maximum absolute atomic E-state index is 12.4. The molecule has 0 aliphatic heterocycles. The van der Waals surface area contributed by atoms with Gasteiger partial charge in [-0.15, -0.1) is 11.6 Å². The third-order valence-electron chi connectivity index (χ3n) is 3.09. The lowest BCUT2D eigenvalue weighted by atomic mass is 10.1. The summed E-state index contributed by atoms with van der Waals surface area (Å²) in [5.74, 6) is 1.11. The van der Waals surface area contributed by atoms with E-state index in [1.54, 1.807) is 16.4 Å². The molecule has 0 fully saturated rings. The summed E-state index contributed by atoms with van der Waals surface area (Å²) in [7, 11) is 0. The Balaban J connectivity index is 2.85. The molecule has 1 aromatic rings. The standard InChI is InChI=1S/C13H22ClN3O2S/c1-9-12(10(2)17(16-9)6-5-14)13(19)15-11(4-7-18)8-20-3/h11,18H,4-8H2,1-3H3,(H,15,19). The summed E-state index contributed by atoms with van der Waals surface area (Å²) >= 11 is 7.37. The predicted octanol–water partition coefficient (Wildman–Crippen LogP) is 1.58. The minimum atomic E-state index is -0.131. The number of rotatable bonds is 8. The van der Waals surface area contributed by atoms with E-state index < -0.39 is 0 Å². The van der Waals surface area contributed by atoms with Gasteiger partial charge >= 0.3 is 0 Å². The monoisotopic (exact) mass is 319 g/mol. The van der Waals surface area contributed by atoms with Gasteiger partial charge < -0.3 is 10.4 Å². The maximum Gasteiger partial charge on any atom is 0.255 e. The molecule has 1 amide bonds. The van der Waals surface area contributed by atoms with E-state index >= 15 is 0 Å². The molecule has 0 saturated heterocycles. The molecule has 0 radical (unpaired) electrons. The van der Waals surface area contributed by atoms with E-state index in [1.807, 2.05) is 20.1 Å². The lowest BCUT2D eigenvalue weighted by Crippen LogP contribution is -2.37. The van der Waals surface area contributed by atoms with Crippen molar-refractivity contribution >= 4 is 29.3 Å². The zero-order valence-corrected chi connectivity index (χ0v) is 13.7. The molecule has 0 bridgehead atoms. The molecule has 1 rings (SSSR count). The van der Waals surface area contributed by atoms with Crippen molar-refractivity contribution in [3.8, 4) is 0 Å². The Morgan fingerprint density at radius 1 is 1.55 bits per heavy atom. The Kier molecular flexibility index (Phi) is 7.40. The highest BCUT2D eigenvalue weighted by Gasteiger charge is 2.20. The highest BCUT2D eigenvalue weighted by Crippen LogP contribution is 2.14. The van der Waals surface area contributed by atoms with Gasteiger partial charge in [-0.3, -0.25) is 9.48 Å². The molecule has 2 N–H and O–H groups in total. The van der Waals surface area contributed by atoms with Crippen LogP contribution in [0.1, 0.15) is 28.2 Å². The Labute approximate surface area is 129 Å². The van der Waals surface area contributed by atoms with Crippen LogP contribution in [0, 0.1) is 13.8 Å². The smallest absolute Gasteiger partial charge is 0.255 e. The van der Waals surface area contributed by atoms with Gasteiger partial charge in [0, 0.05) is 30.0 Å². The van der Waals surface area contributed by atoms with Crippen molar-refractivity contribution in [2.24, 2.45) is 0 Å². The van der Waals surface area contributed by atoms with Crippen LogP contribution in [0.15, 0.2) is 0 Å². The largest absolute Gasteiger partial charge is 0.396 e. The first-order chi connectivity index (χ1) is 9.54. The van der Waals surface area contributed by atoms with Gasteiger partial charge in [-0.25, -0.2) is 0 Å². The van der Waals surface area contributed by atoms with Crippen LogP contribution < -0.4 is 5.32 Å². The fraction of sp³-hybridized carbons (Fsp3) is 0.692. The van der Waals surface area contributed by atoms with Crippen molar-refractivity contribution < 1.29 is 9.90 Å². The minimum absolute atomic E-state index is 0.0299. The lowest BCUT2D eigenvalue weighted by Gasteiger charge is -2.16. The molecule has 1 unspecified atom stereocenters. The van der Waals surface area contributed by atoms with E-state index in [1.165, 1.54) is 0 Å². The molecule has 114 valence electrons. The molecule has 0 aromatic carbocycles. The maximum atomic E-state index is 12.4. The number of carbonyl (C=O) groups excluding carboxylic acids is 1. The number of aliphatic hydroxyl groups excluding tert-OH is 1. The average Bonchev–Trinajstić information content (AvgIpc) is 2.65. The summed E-state index contributed by atoms with van der Waals surface area (Å²) in [6.07, 6.45) is 2.53. The van der Waals surface area contributed by atoms with Crippen molar-refractivity contribution in [2.75, 3.05) is 24.5 Å². The van der Waals surface area contributed by atoms with Crippen LogP contribution >= 0.6 is 23.4 Å². The number of carbonyl (C=O) groups is 1. The molecule has 1 heterocycles. The Hall–Kier alpha value is -0.720. The van der Waals surface area contributed by atoms with Gasteiger partial charge in [0.25, 0.3) is 5.91 Å². The number of nitrogens with one attached hydrogen (secondary N) is 1. The Morgan fingerprint density at radius 2 is 2.25 bits per heavy atom. The van der Waals surface area contributed by atoms with E-state index in [-0.39, 0.29) is 18.6 Å². The molecule has 0 saturated carbocycles. The second-order valence-electron chi connectivity index (χ2n) is 4.60. The minimum Gasteiger partial charge on any atom is -0.396 e. The van der Waals surface area contributed by atoms with E-state index in [0.29, 0.717) is 30.1 Å². The van der Waals surface area contributed by atoms with E-state index in [4.69, 9.17) is 16.7 Å². The summed E-state index contributed by atoms with van der Waals surface area (Å²) < 4.78 is 1.76.